The van der Waals surface area contributed by atoms with E-state index in [9.17, 15) is 9.59 Å². The Morgan fingerprint density at radius 2 is 1.95 bits per heavy atom. The molecule has 1 aliphatic heterocycles. The van der Waals surface area contributed by atoms with Crippen LogP contribution >= 0.6 is 0 Å². The summed E-state index contributed by atoms with van der Waals surface area (Å²) in [5, 5.41) is 2.85. The average Bonchev–Trinajstić information content (AvgIpc) is 2.78. The lowest BCUT2D eigenvalue weighted by Crippen LogP contribution is -2.49. The summed E-state index contributed by atoms with van der Waals surface area (Å²) < 4.78 is 5.69. The third-order valence-corrected chi connectivity index (χ3v) is 3.70. The predicted molar refractivity (Wildman–Crippen MR) is 78.3 cm³/mol. The van der Waals surface area contributed by atoms with Gasteiger partial charge in [-0.05, 0) is 32.1 Å². The van der Waals surface area contributed by atoms with Gasteiger partial charge < -0.3 is 15.0 Å². The Morgan fingerprint density at radius 1 is 1.30 bits per heavy atom. The number of likely N-dealkylation sites (N-methyl/N-ethyl adjacent to an activating group) is 1. The predicted octanol–water partition coefficient (Wildman–Crippen LogP) is 1.56. The van der Waals surface area contributed by atoms with Crippen LogP contribution in [0.2, 0.25) is 0 Å². The molecule has 1 fully saturated rings. The van der Waals surface area contributed by atoms with E-state index in [-0.39, 0.29) is 23.8 Å². The number of hydrogen-bond donors (Lipinski definition) is 1. The Morgan fingerprint density at radius 3 is 2.40 bits per heavy atom. The quantitative estimate of drug-likeness (QED) is 0.805. The van der Waals surface area contributed by atoms with Crippen LogP contribution in [0, 0.1) is 5.92 Å². The molecule has 0 unspecified atom stereocenters. The summed E-state index contributed by atoms with van der Waals surface area (Å²) in [6.45, 7) is 5.94. The molecule has 1 N–H and O–H groups in total. The smallest absolute Gasteiger partial charge is 0.244 e. The topological polar surface area (TPSA) is 58.6 Å². The van der Waals surface area contributed by atoms with E-state index in [1.165, 1.54) is 4.90 Å². The van der Waals surface area contributed by atoms with Crippen LogP contribution in [0.3, 0.4) is 0 Å². The van der Waals surface area contributed by atoms with Gasteiger partial charge in [-0.3, -0.25) is 9.59 Å². The van der Waals surface area contributed by atoms with Gasteiger partial charge in [0.25, 0.3) is 0 Å². The van der Waals surface area contributed by atoms with E-state index in [1.54, 1.807) is 14.1 Å². The van der Waals surface area contributed by atoms with Gasteiger partial charge in [0.2, 0.25) is 11.8 Å². The van der Waals surface area contributed by atoms with Crippen LogP contribution in [0.1, 0.15) is 46.5 Å². The average molecular weight is 284 g/mol. The van der Waals surface area contributed by atoms with Crippen LogP contribution in [-0.2, 0) is 14.3 Å². The summed E-state index contributed by atoms with van der Waals surface area (Å²) in [6, 6.07) is -0.444. The van der Waals surface area contributed by atoms with Gasteiger partial charge in [-0.2, -0.15) is 0 Å². The molecular weight excluding hydrogens is 256 g/mol. The monoisotopic (exact) mass is 284 g/mol. The van der Waals surface area contributed by atoms with Crippen LogP contribution in [0.5, 0.6) is 0 Å². The lowest BCUT2D eigenvalue weighted by Gasteiger charge is -2.24. The highest BCUT2D eigenvalue weighted by atomic mass is 16.5. The molecule has 1 rings (SSSR count). The van der Waals surface area contributed by atoms with Crippen molar-refractivity contribution in [3.05, 3.63) is 0 Å². The second kappa shape index (κ2) is 7.62. The lowest BCUT2D eigenvalue weighted by atomic mass is 10.0. The van der Waals surface area contributed by atoms with Crippen LogP contribution in [0.25, 0.3) is 0 Å². The highest BCUT2D eigenvalue weighted by molar-refractivity contribution is 5.87. The van der Waals surface area contributed by atoms with Gasteiger partial charge in [-0.1, -0.05) is 13.8 Å². The third-order valence-electron chi connectivity index (χ3n) is 3.70. The third kappa shape index (κ3) is 5.12. The summed E-state index contributed by atoms with van der Waals surface area (Å²) in [7, 11) is 3.41. The number of carbonyl (C=O) groups is 2. The minimum Gasteiger partial charge on any atom is -0.375 e. The van der Waals surface area contributed by atoms with Gasteiger partial charge in [-0.25, -0.2) is 0 Å². The summed E-state index contributed by atoms with van der Waals surface area (Å²) in [5.41, 5.74) is 0. The maximum absolute atomic E-state index is 12.0. The number of ether oxygens (including phenoxy) is 1. The van der Waals surface area contributed by atoms with E-state index in [0.717, 1.165) is 19.3 Å². The van der Waals surface area contributed by atoms with E-state index < -0.39 is 6.04 Å². The Labute approximate surface area is 122 Å². The lowest BCUT2D eigenvalue weighted by molar-refractivity contribution is -0.135. The molecule has 3 atom stereocenters. The van der Waals surface area contributed by atoms with Crippen molar-refractivity contribution in [1.82, 2.24) is 10.2 Å². The van der Waals surface area contributed by atoms with Gasteiger partial charge in [-0.15, -0.1) is 0 Å². The number of amides is 2. The van der Waals surface area contributed by atoms with Crippen LogP contribution in [0.4, 0.5) is 0 Å². The first-order chi connectivity index (χ1) is 9.31. The van der Waals surface area contributed by atoms with Crippen molar-refractivity contribution in [3.63, 3.8) is 0 Å². The van der Waals surface area contributed by atoms with Gasteiger partial charge in [0, 0.05) is 20.5 Å². The highest BCUT2D eigenvalue weighted by Gasteiger charge is 2.26. The van der Waals surface area contributed by atoms with Crippen molar-refractivity contribution in [3.8, 4) is 0 Å². The molecule has 0 aromatic carbocycles. The molecule has 0 aromatic heterocycles. The van der Waals surface area contributed by atoms with Crippen LogP contribution < -0.4 is 5.32 Å². The fourth-order valence-corrected chi connectivity index (χ4v) is 2.43. The number of hydrogen-bond acceptors (Lipinski definition) is 3. The molecule has 116 valence electrons. The standard InChI is InChI=1S/C15H28N2O3/c1-10(2)14(15(19)17(4)5)16-13(18)9-8-12-7-6-11(3)20-12/h10-12,14H,6-9H2,1-5H3,(H,16,18)/t11-,12-,14-/m1/s1. The van der Waals surface area contributed by atoms with Gasteiger partial charge in [0.1, 0.15) is 6.04 Å². The van der Waals surface area contributed by atoms with E-state index in [0.29, 0.717) is 12.5 Å². The van der Waals surface area contributed by atoms with Gasteiger partial charge in [0.05, 0.1) is 12.2 Å². The van der Waals surface area contributed by atoms with Crippen molar-refractivity contribution in [1.29, 1.82) is 0 Å². The van der Waals surface area contributed by atoms with E-state index >= 15 is 0 Å². The van der Waals surface area contributed by atoms with Crippen molar-refractivity contribution >= 4 is 11.8 Å². The van der Waals surface area contributed by atoms with Crippen molar-refractivity contribution in [2.45, 2.75) is 64.7 Å². The molecule has 0 aliphatic carbocycles. The molecular formula is C15H28N2O3. The number of nitrogens with one attached hydrogen (secondary N) is 1. The van der Waals surface area contributed by atoms with E-state index in [4.69, 9.17) is 4.74 Å². The second-order valence-corrected chi connectivity index (χ2v) is 6.21. The van der Waals surface area contributed by atoms with Crippen LogP contribution in [0.15, 0.2) is 0 Å². The van der Waals surface area contributed by atoms with Gasteiger partial charge in [0.15, 0.2) is 0 Å². The van der Waals surface area contributed by atoms with E-state index in [2.05, 4.69) is 12.2 Å². The molecule has 5 nitrogen and oxygen atoms in total. The Hall–Kier alpha value is -1.10. The van der Waals surface area contributed by atoms with Crippen LogP contribution in [-0.4, -0.2) is 49.1 Å². The molecule has 5 heteroatoms. The summed E-state index contributed by atoms with van der Waals surface area (Å²) in [6.07, 6.45) is 3.75. The molecule has 1 heterocycles. The van der Waals surface area contributed by atoms with Crippen molar-refractivity contribution in [2.75, 3.05) is 14.1 Å². The molecule has 1 saturated heterocycles. The SMILES string of the molecule is CC(C)[C@@H](NC(=O)CC[C@H]1CC[C@@H](C)O1)C(=O)N(C)C. The summed E-state index contributed by atoms with van der Waals surface area (Å²) in [5.74, 6) is -0.0438. The molecule has 1 aliphatic rings. The molecule has 20 heavy (non-hydrogen) atoms. The fraction of sp³-hybridized carbons (Fsp3) is 0.867. The zero-order chi connectivity index (χ0) is 15.3. The molecule has 0 saturated carbocycles. The number of rotatable bonds is 6. The molecule has 0 radical (unpaired) electrons. The maximum atomic E-state index is 12.0. The van der Waals surface area contributed by atoms with Gasteiger partial charge >= 0.3 is 0 Å². The minimum atomic E-state index is -0.444. The van der Waals surface area contributed by atoms with E-state index in [1.807, 2.05) is 13.8 Å². The molecule has 0 aromatic rings. The first kappa shape index (κ1) is 17.0. The Balaban J connectivity index is 2.40. The summed E-state index contributed by atoms with van der Waals surface area (Å²) >= 11 is 0. The minimum absolute atomic E-state index is 0.0564. The largest absolute Gasteiger partial charge is 0.375 e. The second-order valence-electron chi connectivity index (χ2n) is 6.21. The zero-order valence-corrected chi connectivity index (χ0v) is 13.3. The number of nitrogens with zero attached hydrogens (tertiary/aromatic N) is 1. The van der Waals surface area contributed by atoms with Crippen molar-refractivity contribution in [2.24, 2.45) is 5.92 Å². The zero-order valence-electron chi connectivity index (χ0n) is 13.3. The highest BCUT2D eigenvalue weighted by Crippen LogP contribution is 2.22. The Bertz CT molecular complexity index is 342. The molecule has 0 spiro atoms. The van der Waals surface area contributed by atoms with Crippen molar-refractivity contribution < 1.29 is 14.3 Å². The number of carbonyl (C=O) groups excluding carboxylic acids is 2. The molecule has 0 bridgehead atoms. The first-order valence-electron chi connectivity index (χ1n) is 7.47. The fourth-order valence-electron chi connectivity index (χ4n) is 2.43. The Kier molecular flexibility index (Phi) is 6.46. The molecule has 2 amide bonds. The first-order valence-corrected chi connectivity index (χ1v) is 7.47. The summed E-state index contributed by atoms with van der Waals surface area (Å²) in [4.78, 5) is 25.5. The normalized spacial score (nSPS) is 23.7. The maximum Gasteiger partial charge on any atom is 0.244 e.